The SMILES string of the molecule is C[C@H](c1ccccc1)C1CCCCN1C(=O)OC[n+]1cccc(C(=O)N[C@@H](CO)C(=O)O)c1.O=C=O. The molecule has 0 spiro atoms. The summed E-state index contributed by atoms with van der Waals surface area (Å²) < 4.78 is 7.07. The van der Waals surface area contributed by atoms with Crippen molar-refractivity contribution >= 4 is 24.1 Å². The van der Waals surface area contributed by atoms with Crippen molar-refractivity contribution in [1.29, 1.82) is 0 Å². The molecular formula is C25H30N3O8+. The van der Waals surface area contributed by atoms with Gasteiger partial charge >= 0.3 is 18.2 Å². The minimum Gasteiger partial charge on any atom is -0.480 e. The third kappa shape index (κ3) is 8.00. The fourth-order valence-electron chi connectivity index (χ4n) is 4.06. The summed E-state index contributed by atoms with van der Waals surface area (Å²) in [7, 11) is 0. The number of likely N-dealkylation sites (tertiary alicyclic amines) is 1. The number of amides is 2. The zero-order valence-corrected chi connectivity index (χ0v) is 19.9. The lowest BCUT2D eigenvalue weighted by atomic mass is 9.87. The maximum Gasteiger partial charge on any atom is 0.414 e. The topological polar surface area (TPSA) is 154 Å². The largest absolute Gasteiger partial charge is 0.480 e. The van der Waals surface area contributed by atoms with Gasteiger partial charge in [-0.2, -0.15) is 14.2 Å². The quantitative estimate of drug-likeness (QED) is 0.459. The molecule has 3 N–H and O–H groups in total. The molecule has 2 aromatic rings. The second-order valence-electron chi connectivity index (χ2n) is 8.23. The van der Waals surface area contributed by atoms with Gasteiger partial charge in [-0.3, -0.25) is 4.79 Å². The zero-order valence-electron chi connectivity index (χ0n) is 19.9. The van der Waals surface area contributed by atoms with Crippen LogP contribution in [-0.2, 0) is 25.9 Å². The number of aliphatic hydroxyl groups is 1. The number of nitrogens with zero attached hydrogens (tertiary/aromatic N) is 2. The van der Waals surface area contributed by atoms with Gasteiger partial charge in [0.05, 0.1) is 6.61 Å². The van der Waals surface area contributed by atoms with Crippen molar-refractivity contribution in [2.24, 2.45) is 0 Å². The molecule has 192 valence electrons. The van der Waals surface area contributed by atoms with Crippen molar-refractivity contribution in [3.63, 3.8) is 0 Å². The van der Waals surface area contributed by atoms with Gasteiger partial charge in [-0.25, -0.2) is 9.59 Å². The number of carboxylic acids is 1. The highest BCUT2D eigenvalue weighted by atomic mass is 16.6. The number of nitrogens with one attached hydrogen (secondary N) is 1. The molecule has 1 aromatic carbocycles. The molecule has 3 atom stereocenters. The lowest BCUT2D eigenvalue weighted by Crippen LogP contribution is -2.48. The highest BCUT2D eigenvalue weighted by Gasteiger charge is 2.33. The maximum atomic E-state index is 12.9. The third-order valence-corrected chi connectivity index (χ3v) is 5.93. The van der Waals surface area contributed by atoms with Crippen LogP contribution in [-0.4, -0.2) is 64.5 Å². The molecule has 1 aromatic heterocycles. The molecule has 36 heavy (non-hydrogen) atoms. The van der Waals surface area contributed by atoms with E-state index in [0.717, 1.165) is 19.3 Å². The Morgan fingerprint density at radius 3 is 2.50 bits per heavy atom. The van der Waals surface area contributed by atoms with Gasteiger partial charge in [-0.15, -0.1) is 0 Å². The Balaban J connectivity index is 0.00000145. The summed E-state index contributed by atoms with van der Waals surface area (Å²) in [6, 6.07) is 11.9. The molecule has 0 saturated carbocycles. The first kappa shape index (κ1) is 28.2. The number of benzene rings is 1. The number of piperidine rings is 1. The first-order valence-electron chi connectivity index (χ1n) is 11.4. The fourth-order valence-corrected chi connectivity index (χ4v) is 4.06. The second kappa shape index (κ2) is 14.3. The number of carboxylic acid groups (broad SMARTS) is 1. The molecule has 11 heteroatoms. The first-order chi connectivity index (χ1) is 17.3. The summed E-state index contributed by atoms with van der Waals surface area (Å²) in [4.78, 5) is 54.3. The van der Waals surface area contributed by atoms with Gasteiger partial charge < -0.3 is 25.2 Å². The van der Waals surface area contributed by atoms with E-state index >= 15 is 0 Å². The van der Waals surface area contributed by atoms with Crippen molar-refractivity contribution < 1.29 is 43.5 Å². The van der Waals surface area contributed by atoms with Gasteiger partial charge in [0, 0.05) is 24.6 Å². The number of rotatable bonds is 8. The Labute approximate surface area is 208 Å². The fraction of sp³-hybridized carbons (Fsp3) is 0.400. The van der Waals surface area contributed by atoms with E-state index in [-0.39, 0.29) is 30.4 Å². The molecule has 3 rings (SSSR count). The summed E-state index contributed by atoms with van der Waals surface area (Å²) in [5.41, 5.74) is 1.36. The third-order valence-electron chi connectivity index (χ3n) is 5.93. The van der Waals surface area contributed by atoms with Crippen LogP contribution >= 0.6 is 0 Å². The van der Waals surface area contributed by atoms with Crippen molar-refractivity contribution in [2.45, 2.75) is 50.9 Å². The van der Waals surface area contributed by atoms with Crippen molar-refractivity contribution in [3.8, 4) is 0 Å². The van der Waals surface area contributed by atoms with E-state index in [4.69, 9.17) is 24.5 Å². The Bertz CT molecular complexity index is 1060. The number of hydrogen-bond donors (Lipinski definition) is 3. The minimum absolute atomic E-state index is 0.0437. The predicted molar refractivity (Wildman–Crippen MR) is 123 cm³/mol. The van der Waals surface area contributed by atoms with Crippen molar-refractivity contribution in [1.82, 2.24) is 10.2 Å². The number of aliphatic hydroxyl groups excluding tert-OH is 1. The monoisotopic (exact) mass is 500 g/mol. The van der Waals surface area contributed by atoms with Crippen LogP contribution in [0.25, 0.3) is 0 Å². The van der Waals surface area contributed by atoms with Crippen LogP contribution < -0.4 is 9.88 Å². The summed E-state index contributed by atoms with van der Waals surface area (Å²) in [5, 5.41) is 20.3. The smallest absolute Gasteiger partial charge is 0.414 e. The predicted octanol–water partition coefficient (Wildman–Crippen LogP) is 1.32. The van der Waals surface area contributed by atoms with Crippen LogP contribution in [0.3, 0.4) is 0 Å². The Morgan fingerprint density at radius 1 is 1.17 bits per heavy atom. The number of carbonyl (C=O) groups excluding carboxylic acids is 4. The normalized spacial score (nSPS) is 16.4. The molecule has 2 heterocycles. The van der Waals surface area contributed by atoms with Gasteiger partial charge in [-0.05, 0) is 30.9 Å². The summed E-state index contributed by atoms with van der Waals surface area (Å²) >= 11 is 0. The van der Waals surface area contributed by atoms with Gasteiger partial charge in [0.1, 0.15) is 5.56 Å². The number of hydrogen-bond acceptors (Lipinski definition) is 7. The van der Waals surface area contributed by atoms with Gasteiger partial charge in [0.15, 0.2) is 18.4 Å². The first-order valence-corrected chi connectivity index (χ1v) is 11.4. The Hall–Kier alpha value is -4.08. The lowest BCUT2D eigenvalue weighted by Gasteiger charge is -2.38. The van der Waals surface area contributed by atoms with E-state index in [9.17, 15) is 14.4 Å². The molecule has 1 aliphatic heterocycles. The molecule has 1 unspecified atom stereocenters. The Morgan fingerprint density at radius 2 is 1.86 bits per heavy atom. The molecular weight excluding hydrogens is 470 g/mol. The van der Waals surface area contributed by atoms with Crippen LogP contribution in [0.2, 0.25) is 0 Å². The van der Waals surface area contributed by atoms with E-state index in [0.29, 0.717) is 6.54 Å². The van der Waals surface area contributed by atoms with E-state index in [1.165, 1.54) is 22.4 Å². The minimum atomic E-state index is -1.40. The lowest BCUT2D eigenvalue weighted by molar-refractivity contribution is -0.727. The molecule has 0 radical (unpaired) electrons. The number of ether oxygens (including phenoxy) is 1. The summed E-state index contributed by atoms with van der Waals surface area (Å²) in [6.45, 7) is 1.94. The number of carbonyl (C=O) groups is 3. The molecule has 0 aliphatic carbocycles. The maximum absolute atomic E-state index is 12.9. The molecule has 2 amide bonds. The highest BCUT2D eigenvalue weighted by molar-refractivity contribution is 5.96. The standard InChI is InChI=1S/C24H29N3O6.CO2/c1-17(18-8-3-2-4-9-18)21-11-5-6-13-27(21)24(32)33-16-26-12-7-10-19(14-26)22(29)25-20(15-28)23(30)31;2-1-3/h2-4,7-10,12,14,17,20-21,28H,5-6,11,13,15-16H2,1H3,(H-,25,29,30,31);/p+1/t17-,20+,21?;/m1./s1. The van der Waals surface area contributed by atoms with Gasteiger partial charge in [0.2, 0.25) is 0 Å². The van der Waals surface area contributed by atoms with Crippen LogP contribution in [0, 0.1) is 0 Å². The molecule has 1 saturated heterocycles. The molecule has 11 nitrogen and oxygen atoms in total. The van der Waals surface area contributed by atoms with E-state index in [1.807, 2.05) is 18.2 Å². The highest BCUT2D eigenvalue weighted by Crippen LogP contribution is 2.30. The Kier molecular flexibility index (Phi) is 11.2. The van der Waals surface area contributed by atoms with E-state index < -0.39 is 30.6 Å². The molecule has 0 bridgehead atoms. The second-order valence-corrected chi connectivity index (χ2v) is 8.23. The van der Waals surface area contributed by atoms with Crippen LogP contribution in [0.4, 0.5) is 4.79 Å². The van der Waals surface area contributed by atoms with Gasteiger partial charge in [0.25, 0.3) is 12.6 Å². The molecule has 1 aliphatic rings. The average Bonchev–Trinajstić information content (AvgIpc) is 2.90. The van der Waals surface area contributed by atoms with Crippen molar-refractivity contribution in [3.05, 3.63) is 66.0 Å². The van der Waals surface area contributed by atoms with Crippen molar-refractivity contribution in [2.75, 3.05) is 13.2 Å². The zero-order chi connectivity index (χ0) is 26.5. The number of aliphatic carboxylic acids is 1. The van der Waals surface area contributed by atoms with Crippen LogP contribution in [0.5, 0.6) is 0 Å². The van der Waals surface area contributed by atoms with Crippen LogP contribution in [0.15, 0.2) is 54.9 Å². The average molecular weight is 501 g/mol. The number of aromatic nitrogens is 1. The van der Waals surface area contributed by atoms with E-state index in [1.54, 1.807) is 17.2 Å². The van der Waals surface area contributed by atoms with E-state index in [2.05, 4.69) is 24.4 Å². The number of pyridine rings is 1. The molecule has 1 fully saturated rings. The van der Waals surface area contributed by atoms with Gasteiger partial charge in [-0.1, -0.05) is 37.3 Å². The van der Waals surface area contributed by atoms with Crippen LogP contribution in [0.1, 0.15) is 48.0 Å². The summed E-state index contributed by atoms with van der Waals surface area (Å²) in [6.07, 6.45) is 5.83. The summed E-state index contributed by atoms with van der Waals surface area (Å²) in [5.74, 6) is -1.80.